The van der Waals surface area contributed by atoms with Crippen molar-refractivity contribution in [3.05, 3.63) is 23.8 Å². The van der Waals surface area contributed by atoms with Gasteiger partial charge in [0.1, 0.15) is 5.52 Å². The summed E-state index contributed by atoms with van der Waals surface area (Å²) >= 11 is 0. The lowest BCUT2D eigenvalue weighted by molar-refractivity contribution is -0.184. The lowest BCUT2D eigenvalue weighted by Gasteiger charge is -2.33. The van der Waals surface area contributed by atoms with Crippen LogP contribution in [0.2, 0.25) is 0 Å². The number of fused-ring (bicyclic) bond motifs is 1. The Hall–Kier alpha value is -2.12. The van der Waals surface area contributed by atoms with Crippen LogP contribution in [0, 0.1) is 5.92 Å². The number of aryl methyl sites for hydroxylation is 1. The fraction of sp³-hybridized carbons (Fsp3) is 0.533. The molecule has 1 aromatic carbocycles. The highest BCUT2D eigenvalue weighted by Crippen LogP contribution is 2.33. The number of carbonyl (C=O) groups excluding carboxylic acids is 1. The van der Waals surface area contributed by atoms with E-state index in [4.69, 9.17) is 0 Å². The summed E-state index contributed by atoms with van der Waals surface area (Å²) < 4.78 is 40.3. The number of nitrogens with zero attached hydrogens (tertiary/aromatic N) is 4. The molecule has 0 bridgehead atoms. The number of rotatable bonds is 2. The first-order valence-electron chi connectivity index (χ1n) is 7.59. The summed E-state index contributed by atoms with van der Waals surface area (Å²) in [5, 5.41) is 7.96. The van der Waals surface area contributed by atoms with Gasteiger partial charge in [-0.1, -0.05) is 5.21 Å². The summed E-state index contributed by atoms with van der Waals surface area (Å²) in [6.07, 6.45) is -3.81. The number of hydrogen-bond donors (Lipinski definition) is 0. The van der Waals surface area contributed by atoms with Crippen molar-refractivity contribution in [1.82, 2.24) is 19.9 Å². The molecule has 0 spiro atoms. The molecule has 2 aromatic rings. The monoisotopic (exact) mass is 326 g/mol. The number of alkyl halides is 3. The maximum absolute atomic E-state index is 12.9. The first-order chi connectivity index (χ1) is 10.9. The molecule has 124 valence electrons. The molecule has 23 heavy (non-hydrogen) atoms. The Kier molecular flexibility index (Phi) is 3.99. The zero-order chi connectivity index (χ0) is 16.6. The van der Waals surface area contributed by atoms with Crippen LogP contribution in [-0.4, -0.2) is 45.1 Å². The van der Waals surface area contributed by atoms with Gasteiger partial charge in [-0.25, -0.2) is 4.68 Å². The van der Waals surface area contributed by atoms with Gasteiger partial charge in [0.25, 0.3) is 5.91 Å². The Labute approximate surface area is 131 Å². The van der Waals surface area contributed by atoms with Crippen LogP contribution in [0.15, 0.2) is 18.2 Å². The van der Waals surface area contributed by atoms with Crippen LogP contribution in [0.3, 0.4) is 0 Å². The van der Waals surface area contributed by atoms with Crippen LogP contribution >= 0.6 is 0 Å². The Morgan fingerprint density at radius 1 is 1.39 bits per heavy atom. The fourth-order valence-electron chi connectivity index (χ4n) is 2.95. The first kappa shape index (κ1) is 15.8. The van der Waals surface area contributed by atoms with Crippen LogP contribution in [0.1, 0.15) is 30.1 Å². The van der Waals surface area contributed by atoms with E-state index in [1.54, 1.807) is 22.9 Å². The Morgan fingerprint density at radius 2 is 2.17 bits per heavy atom. The van der Waals surface area contributed by atoms with E-state index in [1.165, 1.54) is 4.90 Å². The van der Waals surface area contributed by atoms with E-state index in [2.05, 4.69) is 10.3 Å². The van der Waals surface area contributed by atoms with Gasteiger partial charge in [0.05, 0.1) is 11.4 Å². The number of hydrogen-bond acceptors (Lipinski definition) is 3. The van der Waals surface area contributed by atoms with Crippen molar-refractivity contribution in [1.29, 1.82) is 0 Å². The number of likely N-dealkylation sites (tertiary alicyclic amines) is 1. The van der Waals surface area contributed by atoms with Crippen molar-refractivity contribution in [2.75, 3.05) is 13.1 Å². The zero-order valence-electron chi connectivity index (χ0n) is 12.7. The summed E-state index contributed by atoms with van der Waals surface area (Å²) in [6, 6.07) is 4.95. The van der Waals surface area contributed by atoms with Crippen molar-refractivity contribution in [3.8, 4) is 0 Å². The van der Waals surface area contributed by atoms with Crippen LogP contribution < -0.4 is 0 Å². The van der Waals surface area contributed by atoms with Gasteiger partial charge in [-0.05, 0) is 38.0 Å². The molecule has 0 aliphatic carbocycles. The third-order valence-corrected chi connectivity index (χ3v) is 4.23. The van der Waals surface area contributed by atoms with Crippen molar-refractivity contribution in [2.24, 2.45) is 5.92 Å². The average Bonchev–Trinajstić information content (AvgIpc) is 2.95. The normalized spacial score (nSPS) is 19.3. The van der Waals surface area contributed by atoms with E-state index in [1.807, 2.05) is 6.92 Å². The maximum atomic E-state index is 12.9. The van der Waals surface area contributed by atoms with E-state index in [9.17, 15) is 18.0 Å². The highest BCUT2D eigenvalue weighted by molar-refractivity contribution is 5.97. The van der Waals surface area contributed by atoms with Gasteiger partial charge in [-0.15, -0.1) is 5.10 Å². The number of amides is 1. The van der Waals surface area contributed by atoms with E-state index in [-0.39, 0.29) is 18.9 Å². The van der Waals surface area contributed by atoms with Gasteiger partial charge < -0.3 is 4.90 Å². The first-order valence-corrected chi connectivity index (χ1v) is 7.59. The lowest BCUT2D eigenvalue weighted by Crippen LogP contribution is -2.44. The molecule has 1 aliphatic heterocycles. The molecule has 1 aromatic heterocycles. The molecule has 1 saturated heterocycles. The van der Waals surface area contributed by atoms with Gasteiger partial charge in [-0.2, -0.15) is 13.2 Å². The molecule has 8 heteroatoms. The molecule has 0 radical (unpaired) electrons. The van der Waals surface area contributed by atoms with Crippen molar-refractivity contribution >= 4 is 16.9 Å². The largest absolute Gasteiger partial charge is 0.393 e. The van der Waals surface area contributed by atoms with E-state index < -0.39 is 12.1 Å². The van der Waals surface area contributed by atoms with Crippen molar-refractivity contribution in [3.63, 3.8) is 0 Å². The minimum absolute atomic E-state index is 0.0805. The predicted octanol–water partition coefficient (Wildman–Crippen LogP) is 2.87. The van der Waals surface area contributed by atoms with E-state index >= 15 is 0 Å². The minimum atomic E-state index is -4.26. The second kappa shape index (κ2) is 5.82. The second-order valence-electron chi connectivity index (χ2n) is 5.74. The Bertz CT molecular complexity index is 725. The van der Waals surface area contributed by atoms with E-state index in [0.29, 0.717) is 30.6 Å². The summed E-state index contributed by atoms with van der Waals surface area (Å²) in [5.74, 6) is -1.82. The average molecular weight is 326 g/mol. The minimum Gasteiger partial charge on any atom is -0.338 e. The third kappa shape index (κ3) is 3.02. The summed E-state index contributed by atoms with van der Waals surface area (Å²) in [4.78, 5) is 13.8. The fourth-order valence-corrected chi connectivity index (χ4v) is 2.95. The summed E-state index contributed by atoms with van der Waals surface area (Å²) in [5.41, 5.74) is 1.72. The number of carbonyl (C=O) groups is 1. The van der Waals surface area contributed by atoms with Crippen LogP contribution in [0.5, 0.6) is 0 Å². The molecule has 1 atom stereocenters. The number of halogens is 3. The third-order valence-electron chi connectivity index (χ3n) is 4.23. The van der Waals surface area contributed by atoms with Gasteiger partial charge in [-0.3, -0.25) is 4.79 Å². The van der Waals surface area contributed by atoms with Crippen LogP contribution in [-0.2, 0) is 6.54 Å². The zero-order valence-corrected chi connectivity index (χ0v) is 12.7. The topological polar surface area (TPSA) is 51.0 Å². The SMILES string of the molecule is CCn1nnc2cc(C(=O)N3CCC[C@H](C(F)(F)F)C3)ccc21. The van der Waals surface area contributed by atoms with Gasteiger partial charge in [0.2, 0.25) is 0 Å². The van der Waals surface area contributed by atoms with Gasteiger partial charge >= 0.3 is 6.18 Å². The molecule has 3 rings (SSSR count). The maximum Gasteiger partial charge on any atom is 0.393 e. The number of benzene rings is 1. The van der Waals surface area contributed by atoms with Gasteiger partial charge in [0.15, 0.2) is 0 Å². The van der Waals surface area contributed by atoms with Crippen molar-refractivity contribution < 1.29 is 18.0 Å². The molecule has 1 aliphatic rings. The molecular weight excluding hydrogens is 309 g/mol. The molecule has 1 fully saturated rings. The number of piperidine rings is 1. The summed E-state index contributed by atoms with van der Waals surface area (Å²) in [7, 11) is 0. The number of aromatic nitrogens is 3. The molecular formula is C15H17F3N4O. The van der Waals surface area contributed by atoms with Gasteiger partial charge in [0, 0.05) is 25.2 Å². The lowest BCUT2D eigenvalue weighted by atomic mass is 9.97. The van der Waals surface area contributed by atoms with E-state index in [0.717, 1.165) is 5.52 Å². The molecule has 2 heterocycles. The van der Waals surface area contributed by atoms with Crippen LogP contribution in [0.4, 0.5) is 13.2 Å². The standard InChI is InChI=1S/C15H17F3N4O/c1-2-22-13-6-5-10(8-12(13)19-20-22)14(23)21-7-3-4-11(9-21)15(16,17)18/h5-6,8,11H,2-4,7,9H2,1H3/t11-/m0/s1. The molecule has 5 nitrogen and oxygen atoms in total. The predicted molar refractivity (Wildman–Crippen MR) is 77.9 cm³/mol. The molecule has 0 N–H and O–H groups in total. The van der Waals surface area contributed by atoms with Crippen molar-refractivity contribution in [2.45, 2.75) is 32.5 Å². The second-order valence-corrected chi connectivity index (χ2v) is 5.74. The Balaban J connectivity index is 1.82. The summed E-state index contributed by atoms with van der Waals surface area (Å²) in [6.45, 7) is 2.66. The highest BCUT2D eigenvalue weighted by Gasteiger charge is 2.42. The molecule has 0 saturated carbocycles. The molecule has 1 amide bonds. The smallest absolute Gasteiger partial charge is 0.338 e. The highest BCUT2D eigenvalue weighted by atomic mass is 19.4. The molecule has 0 unspecified atom stereocenters. The Morgan fingerprint density at radius 3 is 2.87 bits per heavy atom. The quantitative estimate of drug-likeness (QED) is 0.853. The van der Waals surface area contributed by atoms with Crippen LogP contribution in [0.25, 0.3) is 11.0 Å².